The third kappa shape index (κ3) is 4.34. The Balaban J connectivity index is 1.26. The number of nitro groups is 1. The fourth-order valence-electron chi connectivity index (χ4n) is 7.35. The third-order valence-corrected chi connectivity index (χ3v) is 9.22. The largest absolute Gasteiger partial charge is 0.463 e. The summed E-state index contributed by atoms with van der Waals surface area (Å²) < 4.78 is 24.7. The normalized spacial score (nSPS) is 37.8. The number of unbranched alkanes of at least 4 members (excludes halogenated alkanes) is 3. The number of ketones is 1. The number of hydrogen-bond acceptors (Lipinski definition) is 10. The molecule has 1 aromatic rings. The highest BCUT2D eigenvalue weighted by Gasteiger charge is 2.73. The molecule has 0 unspecified atom stereocenters. The number of non-ortho nitro benzene ring substituents is 1. The van der Waals surface area contributed by atoms with Gasteiger partial charge in [0.15, 0.2) is 11.9 Å². The first kappa shape index (κ1) is 27.3. The second-order valence-corrected chi connectivity index (χ2v) is 11.6. The van der Waals surface area contributed by atoms with Gasteiger partial charge >= 0.3 is 5.97 Å². The number of nitro benzene ring substituents is 1. The number of benzene rings is 1. The van der Waals surface area contributed by atoms with Crippen LogP contribution in [0, 0.1) is 22.0 Å². The maximum atomic E-state index is 13.9. The number of aliphatic hydroxyl groups is 2. The summed E-state index contributed by atoms with van der Waals surface area (Å²) in [6.45, 7) is 2.16. The Hall–Kier alpha value is -2.86. The van der Waals surface area contributed by atoms with Gasteiger partial charge in [0, 0.05) is 36.5 Å². The van der Waals surface area contributed by atoms with Gasteiger partial charge in [0.25, 0.3) is 5.69 Å². The van der Waals surface area contributed by atoms with Crippen LogP contribution in [0.3, 0.4) is 0 Å². The zero-order valence-electron chi connectivity index (χ0n) is 22.5. The quantitative estimate of drug-likeness (QED) is 0.209. The van der Waals surface area contributed by atoms with Crippen LogP contribution in [0.1, 0.15) is 81.5 Å². The van der Waals surface area contributed by atoms with E-state index in [-0.39, 0.29) is 48.5 Å². The maximum Gasteiger partial charge on any atom is 0.338 e. The molecular weight excluding hydrogens is 522 g/mol. The van der Waals surface area contributed by atoms with Crippen molar-refractivity contribution < 1.29 is 43.7 Å². The van der Waals surface area contributed by atoms with Crippen LogP contribution in [0.5, 0.6) is 0 Å². The lowest BCUT2D eigenvalue weighted by Gasteiger charge is -2.58. The predicted octanol–water partition coefficient (Wildman–Crippen LogP) is 3.70. The van der Waals surface area contributed by atoms with Crippen molar-refractivity contribution in [2.45, 2.75) is 107 Å². The number of rotatable bonds is 8. The van der Waals surface area contributed by atoms with E-state index >= 15 is 0 Å². The van der Waals surface area contributed by atoms with Crippen molar-refractivity contribution in [1.82, 2.24) is 0 Å². The Morgan fingerprint density at radius 3 is 2.67 bits per heavy atom. The van der Waals surface area contributed by atoms with Crippen LogP contribution in [0.2, 0.25) is 0 Å². The standard InChI is InChI=1S/C29H35NO10/c1-2-3-4-5-6-19-22-15-18-24-20(40-29(34)23(31)13-14-28(38-19,39-22)26(18)29)11-12-21(25(24)32)37-27(33)16-7-9-17(10-8-16)30(35)36/h7-10,18-19,21-23,26,31,34H,2-6,11-15H2,1H3/t18-,19-,21+,22-,23-,26+,28+,29+/m0/s1. The van der Waals surface area contributed by atoms with Crippen LogP contribution >= 0.6 is 0 Å². The molecule has 216 valence electrons. The van der Waals surface area contributed by atoms with E-state index in [9.17, 15) is 29.9 Å². The van der Waals surface area contributed by atoms with Crippen LogP contribution in [0.4, 0.5) is 5.69 Å². The molecule has 0 aromatic heterocycles. The van der Waals surface area contributed by atoms with E-state index in [2.05, 4.69) is 6.92 Å². The number of esters is 1. The zero-order valence-corrected chi connectivity index (χ0v) is 22.5. The molecule has 0 radical (unpaired) electrons. The Bertz CT molecular complexity index is 1230. The number of carbonyl (C=O) groups is 2. The molecule has 2 aliphatic carbocycles. The fraction of sp³-hybridized carbons (Fsp3) is 0.655. The van der Waals surface area contributed by atoms with Crippen molar-refractivity contribution in [1.29, 1.82) is 0 Å². The molecular formula is C29H35NO10. The van der Waals surface area contributed by atoms with Gasteiger partial charge in [-0.2, -0.15) is 0 Å². The maximum absolute atomic E-state index is 13.9. The number of allylic oxidation sites excluding steroid dienone is 1. The second kappa shape index (κ2) is 10.2. The van der Waals surface area contributed by atoms with Crippen LogP contribution in [0.25, 0.3) is 0 Å². The third-order valence-electron chi connectivity index (χ3n) is 9.22. The van der Waals surface area contributed by atoms with E-state index in [1.165, 1.54) is 24.3 Å². The highest BCUT2D eigenvalue weighted by molar-refractivity contribution is 6.03. The number of fused-ring (bicyclic) bond motifs is 2. The molecule has 11 nitrogen and oxygen atoms in total. The molecule has 3 aliphatic heterocycles. The summed E-state index contributed by atoms with van der Waals surface area (Å²) in [5, 5.41) is 33.6. The Labute approximate surface area is 231 Å². The van der Waals surface area contributed by atoms with Crippen LogP contribution in [-0.4, -0.2) is 62.9 Å². The fourth-order valence-corrected chi connectivity index (χ4v) is 7.35. The molecule has 5 aliphatic rings. The first-order valence-electron chi connectivity index (χ1n) is 14.3. The van der Waals surface area contributed by atoms with Crippen molar-refractivity contribution in [2.24, 2.45) is 11.8 Å². The first-order valence-corrected chi connectivity index (χ1v) is 14.3. The van der Waals surface area contributed by atoms with Gasteiger partial charge in [-0.1, -0.05) is 32.6 Å². The van der Waals surface area contributed by atoms with Gasteiger partial charge in [-0.25, -0.2) is 4.79 Å². The molecule has 2 saturated heterocycles. The zero-order chi connectivity index (χ0) is 28.2. The average molecular weight is 558 g/mol. The number of aliphatic hydroxyl groups excluding tert-OH is 1. The highest BCUT2D eigenvalue weighted by atomic mass is 16.8. The lowest BCUT2D eigenvalue weighted by molar-refractivity contribution is -0.385. The van der Waals surface area contributed by atoms with Gasteiger partial charge in [-0.05, 0) is 37.8 Å². The molecule has 2 N–H and O–H groups in total. The van der Waals surface area contributed by atoms with Gasteiger partial charge in [-0.3, -0.25) is 14.9 Å². The number of hydrogen-bond donors (Lipinski definition) is 2. The minimum atomic E-state index is -1.95. The lowest BCUT2D eigenvalue weighted by Crippen LogP contribution is -2.69. The molecule has 1 aromatic carbocycles. The summed E-state index contributed by atoms with van der Waals surface area (Å²) in [4.78, 5) is 37.1. The average Bonchev–Trinajstić information content (AvgIpc) is 3.20. The summed E-state index contributed by atoms with van der Waals surface area (Å²) in [5.74, 6) is -5.24. The van der Waals surface area contributed by atoms with Gasteiger partial charge in [0.05, 0.1) is 28.6 Å². The number of Topliss-reactive ketones (excluding diaryl/α,β-unsaturated/α-hetero) is 1. The van der Waals surface area contributed by atoms with Crippen molar-refractivity contribution >= 4 is 17.4 Å². The second-order valence-electron chi connectivity index (χ2n) is 11.6. The molecule has 3 heterocycles. The highest BCUT2D eigenvalue weighted by Crippen LogP contribution is 2.62. The summed E-state index contributed by atoms with van der Waals surface area (Å²) in [7, 11) is 0. The van der Waals surface area contributed by atoms with E-state index in [0.29, 0.717) is 24.2 Å². The molecule has 8 atom stereocenters. The monoisotopic (exact) mass is 557 g/mol. The molecule has 11 heteroatoms. The Morgan fingerprint density at radius 2 is 1.95 bits per heavy atom. The van der Waals surface area contributed by atoms with E-state index in [1.54, 1.807) is 0 Å². The smallest absolute Gasteiger partial charge is 0.338 e. The van der Waals surface area contributed by atoms with E-state index in [4.69, 9.17) is 18.9 Å². The predicted molar refractivity (Wildman–Crippen MR) is 138 cm³/mol. The van der Waals surface area contributed by atoms with E-state index in [0.717, 1.165) is 32.1 Å². The lowest BCUT2D eigenvalue weighted by atomic mass is 9.62. The van der Waals surface area contributed by atoms with E-state index < -0.39 is 46.5 Å². The molecule has 2 bridgehead atoms. The van der Waals surface area contributed by atoms with E-state index in [1.807, 2.05) is 0 Å². The molecule has 1 spiro atoms. The SMILES string of the molecule is CCCCCC[C@@H]1O[C@]23CC[C@H](O)[C@@]4(O)OC5=C(C(=O)[C@H](OC(=O)c6ccc([N+](=O)[O-])cc6)CC5)[C@H](C[C@@H]1O2)[C@H]34. The van der Waals surface area contributed by atoms with Gasteiger partial charge < -0.3 is 29.2 Å². The van der Waals surface area contributed by atoms with Gasteiger partial charge in [0.2, 0.25) is 11.6 Å². The molecule has 40 heavy (non-hydrogen) atoms. The van der Waals surface area contributed by atoms with Gasteiger partial charge in [-0.15, -0.1) is 0 Å². The molecule has 3 fully saturated rings. The van der Waals surface area contributed by atoms with Crippen LogP contribution in [0.15, 0.2) is 35.6 Å². The van der Waals surface area contributed by atoms with Crippen molar-refractivity contribution in [3.63, 3.8) is 0 Å². The minimum Gasteiger partial charge on any atom is -0.463 e. The summed E-state index contributed by atoms with van der Waals surface area (Å²) in [5.41, 5.74) is 0.324. The van der Waals surface area contributed by atoms with Gasteiger partial charge in [0.1, 0.15) is 11.9 Å². The number of nitrogens with zero attached hydrogens (tertiary/aromatic N) is 1. The first-order chi connectivity index (χ1) is 19.2. The Kier molecular flexibility index (Phi) is 6.97. The summed E-state index contributed by atoms with van der Waals surface area (Å²) in [6, 6.07) is 5.01. The number of ether oxygens (including phenoxy) is 4. The minimum absolute atomic E-state index is 0.102. The van der Waals surface area contributed by atoms with Crippen molar-refractivity contribution in [3.8, 4) is 0 Å². The van der Waals surface area contributed by atoms with Crippen molar-refractivity contribution in [2.75, 3.05) is 0 Å². The van der Waals surface area contributed by atoms with Crippen molar-refractivity contribution in [3.05, 3.63) is 51.3 Å². The molecule has 1 saturated carbocycles. The van der Waals surface area contributed by atoms with Crippen LogP contribution < -0.4 is 0 Å². The summed E-state index contributed by atoms with van der Waals surface area (Å²) in [6.07, 6.45) is 3.91. The number of carbonyl (C=O) groups excluding carboxylic acids is 2. The topological polar surface area (TPSA) is 155 Å². The molecule has 0 amide bonds. The summed E-state index contributed by atoms with van der Waals surface area (Å²) >= 11 is 0. The Morgan fingerprint density at radius 1 is 1.18 bits per heavy atom. The molecule has 6 rings (SSSR count). The van der Waals surface area contributed by atoms with Crippen LogP contribution in [-0.2, 0) is 23.7 Å².